The van der Waals surface area contributed by atoms with Crippen LogP contribution in [0.3, 0.4) is 0 Å². The minimum atomic E-state index is -0.142. The second-order valence-corrected chi connectivity index (χ2v) is 6.93. The second kappa shape index (κ2) is 9.37. The third kappa shape index (κ3) is 4.93. The average Bonchev–Trinajstić information content (AvgIpc) is 3.31. The number of nitrogens with one attached hydrogen (secondary N) is 1. The van der Waals surface area contributed by atoms with Gasteiger partial charge in [0.1, 0.15) is 11.5 Å². The Morgan fingerprint density at radius 3 is 2.87 bits per heavy atom. The number of aromatic nitrogens is 2. The zero-order valence-electron chi connectivity index (χ0n) is 16.7. The lowest BCUT2D eigenvalue weighted by Gasteiger charge is -2.11. The molecule has 2 aromatic carbocycles. The van der Waals surface area contributed by atoms with E-state index < -0.39 is 0 Å². The SMILES string of the molecule is COc1cccc(Oc2ccnc(-c3cccc(C(=O)NCC4CCCO4)c3)n2)c1. The molecule has 154 valence electrons. The molecule has 2 heterocycles. The Kier molecular flexibility index (Phi) is 6.20. The van der Waals surface area contributed by atoms with Crippen LogP contribution >= 0.6 is 0 Å². The van der Waals surface area contributed by atoms with Gasteiger partial charge in [0.05, 0.1) is 13.2 Å². The fraction of sp³-hybridized carbons (Fsp3) is 0.261. The number of rotatable bonds is 7. The summed E-state index contributed by atoms with van der Waals surface area (Å²) in [6.07, 6.45) is 3.75. The van der Waals surface area contributed by atoms with E-state index in [1.165, 1.54) is 0 Å². The second-order valence-electron chi connectivity index (χ2n) is 6.93. The van der Waals surface area contributed by atoms with Gasteiger partial charge in [0, 0.05) is 42.6 Å². The molecular weight excluding hydrogens is 382 g/mol. The first-order chi connectivity index (χ1) is 14.7. The van der Waals surface area contributed by atoms with E-state index in [0.717, 1.165) is 25.0 Å². The van der Waals surface area contributed by atoms with Crippen molar-refractivity contribution in [3.8, 4) is 28.8 Å². The molecule has 0 aliphatic carbocycles. The number of methoxy groups -OCH3 is 1. The van der Waals surface area contributed by atoms with E-state index in [2.05, 4.69) is 15.3 Å². The third-order valence-electron chi connectivity index (χ3n) is 4.79. The van der Waals surface area contributed by atoms with Gasteiger partial charge in [-0.3, -0.25) is 4.79 Å². The van der Waals surface area contributed by atoms with Gasteiger partial charge < -0.3 is 19.5 Å². The van der Waals surface area contributed by atoms with Gasteiger partial charge in [-0.05, 0) is 37.1 Å². The molecule has 4 rings (SSSR count). The van der Waals surface area contributed by atoms with Gasteiger partial charge in [-0.15, -0.1) is 0 Å². The van der Waals surface area contributed by atoms with Gasteiger partial charge in [-0.1, -0.05) is 18.2 Å². The molecule has 1 N–H and O–H groups in total. The maximum absolute atomic E-state index is 12.5. The Morgan fingerprint density at radius 2 is 2.03 bits per heavy atom. The normalized spacial score (nSPS) is 15.6. The van der Waals surface area contributed by atoms with Gasteiger partial charge in [0.25, 0.3) is 5.91 Å². The van der Waals surface area contributed by atoms with Gasteiger partial charge in [0.15, 0.2) is 5.82 Å². The van der Waals surface area contributed by atoms with E-state index in [1.807, 2.05) is 30.3 Å². The molecule has 0 spiro atoms. The van der Waals surface area contributed by atoms with Crippen molar-refractivity contribution in [2.45, 2.75) is 18.9 Å². The molecule has 0 radical (unpaired) electrons. The van der Waals surface area contributed by atoms with Crippen molar-refractivity contribution in [2.24, 2.45) is 0 Å². The van der Waals surface area contributed by atoms with Crippen LogP contribution in [0, 0.1) is 0 Å². The molecule has 1 aliphatic heterocycles. The van der Waals surface area contributed by atoms with Crippen molar-refractivity contribution in [3.63, 3.8) is 0 Å². The smallest absolute Gasteiger partial charge is 0.251 e. The van der Waals surface area contributed by atoms with Crippen molar-refractivity contribution in [1.29, 1.82) is 0 Å². The molecule has 30 heavy (non-hydrogen) atoms. The van der Waals surface area contributed by atoms with Crippen molar-refractivity contribution in [2.75, 3.05) is 20.3 Å². The summed E-state index contributed by atoms with van der Waals surface area (Å²) in [6.45, 7) is 1.28. The summed E-state index contributed by atoms with van der Waals surface area (Å²) in [5.41, 5.74) is 1.28. The summed E-state index contributed by atoms with van der Waals surface area (Å²) in [6, 6.07) is 16.2. The van der Waals surface area contributed by atoms with Gasteiger partial charge >= 0.3 is 0 Å². The summed E-state index contributed by atoms with van der Waals surface area (Å²) < 4.78 is 16.6. The van der Waals surface area contributed by atoms with Crippen LogP contribution in [0.5, 0.6) is 17.4 Å². The molecule has 1 unspecified atom stereocenters. The third-order valence-corrected chi connectivity index (χ3v) is 4.79. The fourth-order valence-electron chi connectivity index (χ4n) is 3.24. The van der Waals surface area contributed by atoms with Crippen LogP contribution in [0.25, 0.3) is 11.4 Å². The molecule has 7 heteroatoms. The number of benzene rings is 2. The van der Waals surface area contributed by atoms with Crippen molar-refractivity contribution in [1.82, 2.24) is 15.3 Å². The largest absolute Gasteiger partial charge is 0.497 e. The molecule has 1 aliphatic rings. The highest BCUT2D eigenvalue weighted by molar-refractivity contribution is 5.95. The summed E-state index contributed by atoms with van der Waals surface area (Å²) >= 11 is 0. The van der Waals surface area contributed by atoms with Crippen LogP contribution in [-0.2, 0) is 4.74 Å². The standard InChI is InChI=1S/C23H23N3O4/c1-28-18-7-3-8-19(14-18)30-21-10-11-24-22(26-21)16-5-2-6-17(13-16)23(27)25-15-20-9-4-12-29-20/h2-3,5-8,10-11,13-14,20H,4,9,12,15H2,1H3,(H,25,27). The van der Waals surface area contributed by atoms with Gasteiger partial charge in [0.2, 0.25) is 5.88 Å². The van der Waals surface area contributed by atoms with Crippen LogP contribution in [0.4, 0.5) is 0 Å². The van der Waals surface area contributed by atoms with Crippen molar-refractivity contribution in [3.05, 3.63) is 66.4 Å². The number of hydrogen-bond donors (Lipinski definition) is 1. The molecular formula is C23H23N3O4. The van der Waals surface area contributed by atoms with E-state index >= 15 is 0 Å². The highest BCUT2D eigenvalue weighted by Gasteiger charge is 2.17. The van der Waals surface area contributed by atoms with E-state index in [-0.39, 0.29) is 12.0 Å². The predicted molar refractivity (Wildman–Crippen MR) is 112 cm³/mol. The molecule has 1 fully saturated rings. The number of carbonyl (C=O) groups excluding carboxylic acids is 1. The monoisotopic (exact) mass is 405 g/mol. The van der Waals surface area contributed by atoms with Crippen molar-refractivity contribution < 1.29 is 19.0 Å². The first-order valence-corrected chi connectivity index (χ1v) is 9.86. The maximum atomic E-state index is 12.5. The number of carbonyl (C=O) groups is 1. The average molecular weight is 405 g/mol. The van der Waals surface area contributed by atoms with Crippen molar-refractivity contribution >= 4 is 5.91 Å². The summed E-state index contributed by atoms with van der Waals surface area (Å²) in [7, 11) is 1.60. The Labute approximate surface area is 175 Å². The van der Waals surface area contributed by atoms with Crippen LogP contribution in [0.1, 0.15) is 23.2 Å². The van der Waals surface area contributed by atoms with Crippen LogP contribution in [0.15, 0.2) is 60.8 Å². The summed E-state index contributed by atoms with van der Waals surface area (Å²) in [5, 5.41) is 2.93. The lowest BCUT2D eigenvalue weighted by Crippen LogP contribution is -2.31. The number of nitrogens with zero attached hydrogens (tertiary/aromatic N) is 2. The quantitative estimate of drug-likeness (QED) is 0.643. The van der Waals surface area contributed by atoms with Gasteiger partial charge in [-0.25, -0.2) is 4.98 Å². The lowest BCUT2D eigenvalue weighted by molar-refractivity contribution is 0.0858. The van der Waals surface area contributed by atoms with E-state index in [0.29, 0.717) is 35.3 Å². The Hall–Kier alpha value is -3.45. The first-order valence-electron chi connectivity index (χ1n) is 9.86. The molecule has 3 aromatic rings. The highest BCUT2D eigenvalue weighted by atomic mass is 16.5. The number of amides is 1. The van der Waals surface area contributed by atoms with E-state index in [1.54, 1.807) is 37.6 Å². The fourth-order valence-corrected chi connectivity index (χ4v) is 3.24. The molecule has 0 bridgehead atoms. The first kappa shape index (κ1) is 19.8. The van der Waals surface area contributed by atoms with E-state index in [4.69, 9.17) is 14.2 Å². The summed E-state index contributed by atoms with van der Waals surface area (Å²) in [5.74, 6) is 2.05. The Bertz CT molecular complexity index is 1020. The maximum Gasteiger partial charge on any atom is 0.251 e. The molecule has 7 nitrogen and oxygen atoms in total. The Morgan fingerprint density at radius 1 is 1.17 bits per heavy atom. The van der Waals surface area contributed by atoms with Crippen LogP contribution in [-0.4, -0.2) is 42.2 Å². The molecule has 1 amide bonds. The highest BCUT2D eigenvalue weighted by Crippen LogP contribution is 2.25. The zero-order valence-corrected chi connectivity index (χ0v) is 16.7. The number of hydrogen-bond acceptors (Lipinski definition) is 6. The zero-order chi connectivity index (χ0) is 20.8. The van der Waals surface area contributed by atoms with Gasteiger partial charge in [-0.2, -0.15) is 4.98 Å². The minimum absolute atomic E-state index is 0.103. The van der Waals surface area contributed by atoms with Crippen LogP contribution in [0.2, 0.25) is 0 Å². The molecule has 1 aromatic heterocycles. The topological polar surface area (TPSA) is 82.6 Å². The minimum Gasteiger partial charge on any atom is -0.497 e. The number of ether oxygens (including phenoxy) is 3. The van der Waals surface area contributed by atoms with E-state index in [9.17, 15) is 4.79 Å². The summed E-state index contributed by atoms with van der Waals surface area (Å²) in [4.78, 5) is 21.3. The van der Waals surface area contributed by atoms with Crippen LogP contribution < -0.4 is 14.8 Å². The Balaban J connectivity index is 1.47. The predicted octanol–water partition coefficient (Wildman–Crippen LogP) is 3.85. The molecule has 1 atom stereocenters. The molecule has 1 saturated heterocycles. The lowest BCUT2D eigenvalue weighted by atomic mass is 10.1. The molecule has 0 saturated carbocycles.